The van der Waals surface area contributed by atoms with E-state index in [1.807, 2.05) is 0 Å². The number of fused-ring (bicyclic) bond motifs is 3. The highest BCUT2D eigenvalue weighted by Gasteiger charge is 2.46. The molecule has 0 fully saturated rings. The second-order valence-electron chi connectivity index (χ2n) is 8.40. The van der Waals surface area contributed by atoms with Gasteiger partial charge >= 0.3 is 12.7 Å². The molecule has 1 aliphatic rings. The molecule has 1 aliphatic carbocycles. The number of ether oxygens (including phenoxy) is 1. The number of nitrogens with zero attached hydrogens (tertiary/aromatic N) is 6. The molecule has 37 heavy (non-hydrogen) atoms. The van der Waals surface area contributed by atoms with Gasteiger partial charge in [-0.25, -0.2) is 28.8 Å². The van der Waals surface area contributed by atoms with Crippen molar-refractivity contribution in [3.05, 3.63) is 71.3 Å². The number of carbonyl (C=O) groups is 1. The van der Waals surface area contributed by atoms with E-state index in [9.17, 15) is 33.3 Å². The number of rotatable bonds is 7. The third-order valence-electron chi connectivity index (χ3n) is 6.33. The number of aldehydes is 1. The normalized spacial score (nSPS) is 17.5. The minimum Gasteiger partial charge on any atom is -0.431 e. The highest BCUT2D eigenvalue weighted by atomic mass is 19.3. The summed E-state index contributed by atoms with van der Waals surface area (Å²) in [5.41, 5.74) is 1.42. The number of benzene rings is 1. The van der Waals surface area contributed by atoms with E-state index in [1.54, 1.807) is 12.3 Å². The molecule has 0 amide bonds. The lowest BCUT2D eigenvalue weighted by Gasteiger charge is -2.31. The molecule has 14 heteroatoms. The molecule has 2 atom stereocenters. The molecule has 0 aliphatic heterocycles. The zero-order valence-electron chi connectivity index (χ0n) is 19.0. The number of hydrogen-bond acceptors (Lipinski definition) is 10. The van der Waals surface area contributed by atoms with Gasteiger partial charge in [0.15, 0.2) is 17.2 Å². The van der Waals surface area contributed by atoms with Crippen LogP contribution in [0.15, 0.2) is 43.1 Å². The molecular formula is C23H19F3N6O5. The van der Waals surface area contributed by atoms with Gasteiger partial charge in [0.1, 0.15) is 12.6 Å². The summed E-state index contributed by atoms with van der Waals surface area (Å²) >= 11 is 0. The van der Waals surface area contributed by atoms with Crippen molar-refractivity contribution in [3.63, 3.8) is 0 Å². The van der Waals surface area contributed by atoms with Crippen LogP contribution in [-0.4, -0.2) is 70.8 Å². The second kappa shape index (κ2) is 9.15. The minimum atomic E-state index is -3.39. The average molecular weight is 516 g/mol. The number of hydrogen-bond donors (Lipinski definition) is 3. The van der Waals surface area contributed by atoms with E-state index >= 15 is 0 Å². The molecule has 0 spiro atoms. The fourth-order valence-corrected chi connectivity index (χ4v) is 4.66. The van der Waals surface area contributed by atoms with Gasteiger partial charge < -0.3 is 20.1 Å². The predicted molar refractivity (Wildman–Crippen MR) is 119 cm³/mol. The lowest BCUT2D eigenvalue weighted by atomic mass is 9.89. The molecule has 5 rings (SSSR count). The quantitative estimate of drug-likeness (QED) is 0.246. The molecule has 3 heterocycles. The van der Waals surface area contributed by atoms with Crippen LogP contribution in [0.2, 0.25) is 0 Å². The Morgan fingerprint density at radius 2 is 1.92 bits per heavy atom. The Bertz CT molecular complexity index is 1480. The van der Waals surface area contributed by atoms with Crippen LogP contribution in [-0.2, 0) is 0 Å². The number of halogens is 3. The molecule has 4 aromatic rings. The van der Waals surface area contributed by atoms with Crippen LogP contribution in [0.25, 0.3) is 16.9 Å². The lowest BCUT2D eigenvalue weighted by molar-refractivity contribution is -0.396. The van der Waals surface area contributed by atoms with E-state index in [0.29, 0.717) is 23.1 Å². The second-order valence-corrected chi connectivity index (χ2v) is 8.40. The zero-order chi connectivity index (χ0) is 26.5. The average Bonchev–Trinajstić information content (AvgIpc) is 3.41. The molecule has 0 saturated heterocycles. The highest BCUT2D eigenvalue weighted by molar-refractivity contribution is 5.81. The summed E-state index contributed by atoms with van der Waals surface area (Å²) in [4.78, 5) is 25.3. The van der Waals surface area contributed by atoms with E-state index in [-0.39, 0.29) is 28.9 Å². The lowest BCUT2D eigenvalue weighted by Crippen LogP contribution is -2.47. The Hall–Kier alpha value is -3.98. The van der Waals surface area contributed by atoms with Crippen molar-refractivity contribution in [2.45, 2.75) is 31.1 Å². The van der Waals surface area contributed by atoms with E-state index in [4.69, 9.17) is 0 Å². The predicted octanol–water partition coefficient (Wildman–Crippen LogP) is 1.84. The maximum atomic E-state index is 14.8. The van der Waals surface area contributed by atoms with Crippen LogP contribution in [0, 0.1) is 5.82 Å². The topological polar surface area (TPSA) is 146 Å². The highest BCUT2D eigenvalue weighted by Crippen LogP contribution is 2.51. The largest absolute Gasteiger partial charge is 0.431 e. The van der Waals surface area contributed by atoms with Crippen molar-refractivity contribution >= 4 is 11.9 Å². The molecule has 1 aromatic carbocycles. The van der Waals surface area contributed by atoms with Crippen molar-refractivity contribution in [2.75, 3.05) is 7.05 Å². The van der Waals surface area contributed by atoms with Gasteiger partial charge in [0.05, 0.1) is 17.4 Å². The summed E-state index contributed by atoms with van der Waals surface area (Å²) < 4.78 is 47.2. The summed E-state index contributed by atoms with van der Waals surface area (Å²) in [5.74, 6) is -2.96. The molecule has 3 aromatic heterocycles. The monoisotopic (exact) mass is 516 g/mol. The summed E-state index contributed by atoms with van der Waals surface area (Å²) in [7, 11) is 1.20. The van der Waals surface area contributed by atoms with Crippen LogP contribution in [0.5, 0.6) is 5.75 Å². The first kappa shape index (κ1) is 24.7. The number of carbonyl (C=O) groups excluding carboxylic acids is 1. The molecule has 0 bridgehead atoms. The van der Waals surface area contributed by atoms with Crippen LogP contribution < -0.4 is 4.74 Å². The number of aliphatic hydroxyl groups is 3. The van der Waals surface area contributed by atoms with Crippen molar-refractivity contribution in [2.24, 2.45) is 0 Å². The van der Waals surface area contributed by atoms with Crippen molar-refractivity contribution in [1.29, 1.82) is 0 Å². The third kappa shape index (κ3) is 4.29. The molecule has 2 unspecified atom stereocenters. The molecule has 0 radical (unpaired) electrons. The molecule has 3 N–H and O–H groups in total. The van der Waals surface area contributed by atoms with E-state index in [1.165, 1.54) is 30.3 Å². The van der Waals surface area contributed by atoms with Crippen molar-refractivity contribution in [1.82, 2.24) is 29.5 Å². The summed E-state index contributed by atoms with van der Waals surface area (Å²) in [5, 5.41) is 34.0. The van der Waals surface area contributed by atoms with E-state index in [2.05, 4.69) is 24.8 Å². The van der Waals surface area contributed by atoms with Crippen LogP contribution in [0.3, 0.4) is 0 Å². The number of alkyl halides is 2. The molecule has 192 valence electrons. The molecule has 0 saturated carbocycles. The smallest absolute Gasteiger partial charge is 0.387 e. The van der Waals surface area contributed by atoms with Gasteiger partial charge in [-0.1, -0.05) is 0 Å². The molecular weight excluding hydrogens is 497 g/mol. The first-order valence-electron chi connectivity index (χ1n) is 10.9. The Morgan fingerprint density at radius 3 is 2.57 bits per heavy atom. The molecule has 11 nitrogen and oxygen atoms in total. The standard InChI is InChI=1S/C23H19F3N6O5/c1-31(23(34,35)36)16-6-13(17-11(9-33)2-3-14(24)20(17)37-22(25)26)18-19(16)30-32-5-4-15(29-21(18)32)12-7-27-10-28-8-12/h2-5,7-10,13,16,22,34-36H,6H2,1H3. The summed E-state index contributed by atoms with van der Waals surface area (Å²) in [6.07, 6.45) is 2.95. The first-order chi connectivity index (χ1) is 17.6. The summed E-state index contributed by atoms with van der Waals surface area (Å²) in [6.45, 7) is -3.39. The summed E-state index contributed by atoms with van der Waals surface area (Å²) in [6, 6.07) is 2.59. The SMILES string of the molecule is CN(C1CC(c2c(C=O)ccc(F)c2OC(F)F)c2c1nn1ccc(-c3cncnc3)nc21)C(O)(O)O. The van der Waals surface area contributed by atoms with Gasteiger partial charge in [0.25, 0.3) is 0 Å². The van der Waals surface area contributed by atoms with Gasteiger partial charge in [-0.2, -0.15) is 13.9 Å². The van der Waals surface area contributed by atoms with Gasteiger partial charge in [0, 0.05) is 46.8 Å². The maximum absolute atomic E-state index is 14.8. The third-order valence-corrected chi connectivity index (χ3v) is 6.33. The van der Waals surface area contributed by atoms with Crippen molar-refractivity contribution < 1.29 is 38.0 Å². The Balaban J connectivity index is 1.78. The maximum Gasteiger partial charge on any atom is 0.387 e. The first-order valence-corrected chi connectivity index (χ1v) is 10.9. The Morgan fingerprint density at radius 1 is 1.19 bits per heavy atom. The van der Waals surface area contributed by atoms with Crippen LogP contribution in [0.4, 0.5) is 13.2 Å². The van der Waals surface area contributed by atoms with Gasteiger partial charge in [-0.05, 0) is 31.7 Å². The Labute approximate surface area is 206 Å². The van der Waals surface area contributed by atoms with Gasteiger partial charge in [0.2, 0.25) is 0 Å². The zero-order valence-corrected chi connectivity index (χ0v) is 19.0. The van der Waals surface area contributed by atoms with Crippen LogP contribution >= 0.6 is 0 Å². The van der Waals surface area contributed by atoms with Crippen LogP contribution in [0.1, 0.15) is 45.6 Å². The van der Waals surface area contributed by atoms with E-state index < -0.39 is 36.2 Å². The van der Waals surface area contributed by atoms with Gasteiger partial charge in [-0.3, -0.25) is 4.79 Å². The Kier molecular flexibility index (Phi) is 6.11. The fraction of sp³-hybridized carbons (Fsp3) is 0.261. The van der Waals surface area contributed by atoms with E-state index in [0.717, 1.165) is 17.0 Å². The minimum absolute atomic E-state index is 0.113. The van der Waals surface area contributed by atoms with Gasteiger partial charge in [-0.15, -0.1) is 0 Å². The fourth-order valence-electron chi connectivity index (χ4n) is 4.66. The van der Waals surface area contributed by atoms with Crippen molar-refractivity contribution in [3.8, 4) is 17.0 Å². The number of aromatic nitrogens is 5.